The van der Waals surface area contributed by atoms with Crippen LogP contribution in [0.5, 0.6) is 0 Å². The van der Waals surface area contributed by atoms with Gasteiger partial charge in [0.25, 0.3) is 0 Å². The summed E-state index contributed by atoms with van der Waals surface area (Å²) in [6.45, 7) is 2.00. The summed E-state index contributed by atoms with van der Waals surface area (Å²) in [4.78, 5) is 11.5. The van der Waals surface area contributed by atoms with Crippen LogP contribution in [0.15, 0.2) is 24.5 Å². The van der Waals surface area contributed by atoms with E-state index in [-0.39, 0.29) is 12.4 Å². The van der Waals surface area contributed by atoms with E-state index in [0.717, 1.165) is 33.3 Å². The van der Waals surface area contributed by atoms with Gasteiger partial charge in [0.1, 0.15) is 17.0 Å². The molecule has 3 nitrogen and oxygen atoms in total. The molecule has 1 aromatic carbocycles. The lowest BCUT2D eigenvalue weighted by molar-refractivity contribution is 0.700. The lowest BCUT2D eigenvalue weighted by Gasteiger charge is -2.12. The molecule has 1 aliphatic carbocycles. The van der Waals surface area contributed by atoms with Gasteiger partial charge in [-0.15, -0.1) is 23.7 Å². The molecule has 1 aliphatic rings. The van der Waals surface area contributed by atoms with E-state index in [2.05, 4.69) is 15.3 Å². The Kier molecular flexibility index (Phi) is 4.76. The summed E-state index contributed by atoms with van der Waals surface area (Å²) in [5, 5.41) is 5.38. The van der Waals surface area contributed by atoms with Gasteiger partial charge in [-0.1, -0.05) is 17.7 Å². The van der Waals surface area contributed by atoms with Crippen molar-refractivity contribution < 1.29 is 0 Å². The number of fused-ring (bicyclic) bond motifs is 3. The third-order valence-electron chi connectivity index (χ3n) is 4.19. The van der Waals surface area contributed by atoms with Gasteiger partial charge >= 0.3 is 0 Å². The number of hydrogen-bond acceptors (Lipinski definition) is 4. The van der Waals surface area contributed by atoms with Crippen LogP contribution in [-0.4, -0.2) is 9.97 Å². The van der Waals surface area contributed by atoms with Gasteiger partial charge in [0.15, 0.2) is 0 Å². The van der Waals surface area contributed by atoms with Crippen molar-refractivity contribution in [1.82, 2.24) is 9.97 Å². The van der Waals surface area contributed by atoms with Gasteiger partial charge < -0.3 is 5.32 Å². The molecular formula is C17H17Cl2N3S. The molecule has 0 spiro atoms. The molecule has 3 aromatic rings. The molecule has 0 amide bonds. The van der Waals surface area contributed by atoms with Crippen LogP contribution in [0.3, 0.4) is 0 Å². The molecule has 0 bridgehead atoms. The van der Waals surface area contributed by atoms with Crippen LogP contribution in [0.1, 0.15) is 28.8 Å². The number of nitrogens with zero attached hydrogens (tertiary/aromatic N) is 2. The zero-order valence-corrected chi connectivity index (χ0v) is 15.1. The molecular weight excluding hydrogens is 349 g/mol. The van der Waals surface area contributed by atoms with Crippen LogP contribution < -0.4 is 5.32 Å². The van der Waals surface area contributed by atoms with Crippen LogP contribution >= 0.6 is 35.3 Å². The second-order valence-corrected chi connectivity index (χ2v) is 7.19. The van der Waals surface area contributed by atoms with Gasteiger partial charge in [-0.2, -0.15) is 0 Å². The van der Waals surface area contributed by atoms with Gasteiger partial charge in [-0.05, 0) is 55.9 Å². The highest BCUT2D eigenvalue weighted by Crippen LogP contribution is 2.39. The lowest BCUT2D eigenvalue weighted by Crippen LogP contribution is -2.01. The van der Waals surface area contributed by atoms with E-state index in [1.165, 1.54) is 35.1 Å². The molecule has 6 heteroatoms. The van der Waals surface area contributed by atoms with E-state index >= 15 is 0 Å². The maximum absolute atomic E-state index is 6.22. The van der Waals surface area contributed by atoms with Crippen molar-refractivity contribution in [2.24, 2.45) is 0 Å². The van der Waals surface area contributed by atoms with Crippen molar-refractivity contribution in [3.8, 4) is 0 Å². The predicted molar refractivity (Wildman–Crippen MR) is 101 cm³/mol. The van der Waals surface area contributed by atoms with Crippen molar-refractivity contribution in [2.45, 2.75) is 32.6 Å². The fourth-order valence-electron chi connectivity index (χ4n) is 2.99. The van der Waals surface area contributed by atoms with Crippen molar-refractivity contribution >= 4 is 57.1 Å². The summed E-state index contributed by atoms with van der Waals surface area (Å²) in [5.74, 6) is 0.893. The number of aryl methyl sites for hydroxylation is 3. The molecule has 120 valence electrons. The van der Waals surface area contributed by atoms with Crippen LogP contribution in [0, 0.1) is 6.92 Å². The Morgan fingerprint density at radius 3 is 2.83 bits per heavy atom. The average molecular weight is 366 g/mol. The monoisotopic (exact) mass is 365 g/mol. The molecule has 2 heterocycles. The standard InChI is InChI=1S/C17H16ClN3S.ClH/c1-10-6-7-11(8-13(10)18)21-16-15-12-4-2-3-5-14(12)22-17(15)20-9-19-16;/h6-9H,2-5H2,1H3,(H,19,20,21);1H. The Labute approximate surface area is 150 Å². The van der Waals surface area contributed by atoms with Gasteiger partial charge in [0, 0.05) is 15.6 Å². The van der Waals surface area contributed by atoms with Gasteiger partial charge in [-0.3, -0.25) is 0 Å². The van der Waals surface area contributed by atoms with E-state index in [1.807, 2.05) is 36.5 Å². The molecule has 0 fully saturated rings. The zero-order chi connectivity index (χ0) is 15.1. The number of rotatable bonds is 2. The SMILES string of the molecule is Cc1ccc(Nc2ncnc3sc4c(c23)CCCC4)cc1Cl.Cl. The second kappa shape index (κ2) is 6.63. The van der Waals surface area contributed by atoms with Gasteiger partial charge in [0.05, 0.1) is 5.39 Å². The summed E-state index contributed by atoms with van der Waals surface area (Å²) in [7, 11) is 0. The Bertz CT molecular complexity index is 860. The first kappa shape index (κ1) is 16.5. The molecule has 0 atom stereocenters. The van der Waals surface area contributed by atoms with Crippen LogP contribution in [0.25, 0.3) is 10.2 Å². The summed E-state index contributed by atoms with van der Waals surface area (Å²) in [6.07, 6.45) is 6.48. The van der Waals surface area contributed by atoms with Crippen LogP contribution in [0.2, 0.25) is 5.02 Å². The highest BCUT2D eigenvalue weighted by Gasteiger charge is 2.19. The summed E-state index contributed by atoms with van der Waals surface area (Å²) in [6, 6.07) is 6.00. The minimum Gasteiger partial charge on any atom is -0.340 e. The number of benzene rings is 1. The maximum Gasteiger partial charge on any atom is 0.142 e. The Balaban J connectivity index is 0.00000156. The third kappa shape index (κ3) is 3.03. The van der Waals surface area contributed by atoms with Gasteiger partial charge in [0.2, 0.25) is 0 Å². The summed E-state index contributed by atoms with van der Waals surface area (Å²) >= 11 is 8.03. The molecule has 4 rings (SSSR count). The van der Waals surface area contributed by atoms with Crippen molar-refractivity contribution in [3.63, 3.8) is 0 Å². The fourth-order valence-corrected chi connectivity index (χ4v) is 4.40. The minimum atomic E-state index is 0. The molecule has 0 saturated carbocycles. The average Bonchev–Trinajstić information content (AvgIpc) is 2.90. The predicted octanol–water partition coefficient (Wildman–Crippen LogP) is 5.70. The molecule has 2 aromatic heterocycles. The van der Waals surface area contributed by atoms with Crippen molar-refractivity contribution in [2.75, 3.05) is 5.32 Å². The normalized spacial score (nSPS) is 13.5. The van der Waals surface area contributed by atoms with Gasteiger partial charge in [-0.25, -0.2) is 9.97 Å². The first-order valence-electron chi connectivity index (χ1n) is 7.51. The number of hydrogen-bond donors (Lipinski definition) is 1. The van der Waals surface area contributed by atoms with Crippen molar-refractivity contribution in [1.29, 1.82) is 0 Å². The number of thiophene rings is 1. The molecule has 0 radical (unpaired) electrons. The first-order valence-corrected chi connectivity index (χ1v) is 8.70. The zero-order valence-electron chi connectivity index (χ0n) is 12.7. The van der Waals surface area contributed by atoms with E-state index in [9.17, 15) is 0 Å². The van der Waals surface area contributed by atoms with E-state index in [0.29, 0.717) is 0 Å². The topological polar surface area (TPSA) is 37.8 Å². The number of halogens is 2. The Morgan fingerprint density at radius 1 is 1.17 bits per heavy atom. The molecule has 0 saturated heterocycles. The molecule has 23 heavy (non-hydrogen) atoms. The lowest BCUT2D eigenvalue weighted by atomic mass is 9.97. The highest BCUT2D eigenvalue weighted by molar-refractivity contribution is 7.19. The summed E-state index contributed by atoms with van der Waals surface area (Å²) < 4.78 is 0. The van der Waals surface area contributed by atoms with Crippen molar-refractivity contribution in [3.05, 3.63) is 45.6 Å². The first-order chi connectivity index (χ1) is 10.7. The van der Waals surface area contributed by atoms with E-state index < -0.39 is 0 Å². The molecule has 0 aliphatic heterocycles. The Hall–Kier alpha value is -1.36. The third-order valence-corrected chi connectivity index (χ3v) is 5.79. The molecule has 0 unspecified atom stereocenters. The summed E-state index contributed by atoms with van der Waals surface area (Å²) in [5.41, 5.74) is 3.48. The minimum absolute atomic E-state index is 0. The largest absolute Gasteiger partial charge is 0.340 e. The van der Waals surface area contributed by atoms with E-state index in [1.54, 1.807) is 6.33 Å². The maximum atomic E-state index is 6.22. The number of anilines is 2. The second-order valence-electron chi connectivity index (χ2n) is 5.70. The number of nitrogens with one attached hydrogen (secondary N) is 1. The smallest absolute Gasteiger partial charge is 0.142 e. The fraction of sp³-hybridized carbons (Fsp3) is 0.294. The van der Waals surface area contributed by atoms with Crippen LogP contribution in [0.4, 0.5) is 11.5 Å². The molecule has 1 N–H and O–H groups in total. The number of aromatic nitrogens is 2. The quantitative estimate of drug-likeness (QED) is 0.632. The Morgan fingerprint density at radius 2 is 2.00 bits per heavy atom. The van der Waals surface area contributed by atoms with E-state index in [4.69, 9.17) is 11.6 Å². The van der Waals surface area contributed by atoms with Crippen LogP contribution in [-0.2, 0) is 12.8 Å². The highest BCUT2D eigenvalue weighted by atomic mass is 35.5.